The van der Waals surface area contributed by atoms with Gasteiger partial charge in [-0.3, -0.25) is 4.90 Å². The van der Waals surface area contributed by atoms with Crippen LogP contribution in [0.1, 0.15) is 0 Å². The largest absolute Gasteiger partial charge is 0.465 e. The van der Waals surface area contributed by atoms with Gasteiger partial charge in [-0.15, -0.1) is 0 Å². The molecule has 0 aromatic heterocycles. The Morgan fingerprint density at radius 1 is 0.906 bits per heavy atom. The second kappa shape index (κ2) is 9.35. The van der Waals surface area contributed by atoms with Crippen LogP contribution in [-0.2, 0) is 14.8 Å². The molecule has 0 radical (unpaired) electrons. The summed E-state index contributed by atoms with van der Waals surface area (Å²) in [6, 6.07) is 15.6. The van der Waals surface area contributed by atoms with Gasteiger partial charge in [-0.25, -0.2) is 13.2 Å². The molecule has 0 unspecified atom stereocenters. The van der Waals surface area contributed by atoms with Gasteiger partial charge in [-0.05, 0) is 36.4 Å². The Kier molecular flexibility index (Phi) is 6.54. The maximum atomic E-state index is 12.4. The van der Waals surface area contributed by atoms with Crippen LogP contribution in [0.15, 0.2) is 48.5 Å². The topological polar surface area (TPSA) is 93.6 Å². The van der Waals surface area contributed by atoms with Crippen LogP contribution in [0.2, 0.25) is 0 Å². The van der Waals surface area contributed by atoms with Crippen molar-refractivity contribution in [3.05, 3.63) is 48.5 Å². The quantitative estimate of drug-likeness (QED) is 0.708. The Hall–Kier alpha value is -2.82. The predicted molar refractivity (Wildman–Crippen MR) is 125 cm³/mol. The molecule has 2 aliphatic heterocycles. The molecule has 9 nitrogen and oxygen atoms in total. The average Bonchev–Trinajstić information content (AvgIpc) is 2.82. The number of rotatable bonds is 6. The highest BCUT2D eigenvalue weighted by atomic mass is 32.2. The van der Waals surface area contributed by atoms with Crippen molar-refractivity contribution in [2.75, 3.05) is 73.4 Å². The first-order chi connectivity index (χ1) is 15.4. The van der Waals surface area contributed by atoms with Crippen molar-refractivity contribution in [1.82, 2.24) is 4.31 Å². The van der Waals surface area contributed by atoms with Crippen LogP contribution < -0.4 is 14.7 Å². The summed E-state index contributed by atoms with van der Waals surface area (Å²) < 4.78 is 31.2. The van der Waals surface area contributed by atoms with Gasteiger partial charge in [0.15, 0.2) is 0 Å². The van der Waals surface area contributed by atoms with E-state index >= 15 is 0 Å². The number of fused-ring (bicyclic) bond motifs is 1. The lowest BCUT2D eigenvalue weighted by Crippen LogP contribution is -2.49. The molecule has 2 aliphatic rings. The molecule has 172 valence electrons. The number of anilines is 4. The molecular weight excluding hydrogens is 432 g/mol. The van der Waals surface area contributed by atoms with E-state index in [2.05, 4.69) is 9.80 Å². The van der Waals surface area contributed by atoms with E-state index in [4.69, 9.17) is 4.74 Å². The number of benzene rings is 2. The highest BCUT2D eigenvalue weighted by molar-refractivity contribution is 7.89. The fourth-order valence-corrected chi connectivity index (χ4v) is 5.57. The van der Waals surface area contributed by atoms with E-state index in [-0.39, 0.29) is 12.4 Å². The van der Waals surface area contributed by atoms with Crippen LogP contribution in [0.4, 0.5) is 27.5 Å². The third kappa shape index (κ3) is 4.52. The number of nitrogens with zero attached hydrogens (tertiary/aromatic N) is 4. The summed E-state index contributed by atoms with van der Waals surface area (Å²) in [6.45, 7) is 3.34. The third-order valence-corrected chi connectivity index (χ3v) is 7.78. The summed E-state index contributed by atoms with van der Waals surface area (Å²) in [5, 5.41) is 9.49. The lowest BCUT2D eigenvalue weighted by molar-refractivity contribution is 0.201. The van der Waals surface area contributed by atoms with E-state index in [1.54, 1.807) is 0 Å². The number of hydrogen-bond acceptors (Lipinski definition) is 6. The Morgan fingerprint density at radius 3 is 2.16 bits per heavy atom. The number of carboxylic acid groups (broad SMARTS) is 1. The molecule has 0 aliphatic carbocycles. The lowest BCUT2D eigenvalue weighted by Gasteiger charge is -2.37. The van der Waals surface area contributed by atoms with Crippen molar-refractivity contribution in [2.24, 2.45) is 0 Å². The smallest absolute Gasteiger partial charge is 0.411 e. The number of sulfonamides is 1. The molecule has 1 fully saturated rings. The van der Waals surface area contributed by atoms with Crippen LogP contribution in [0.25, 0.3) is 0 Å². The average molecular weight is 461 g/mol. The van der Waals surface area contributed by atoms with Crippen LogP contribution in [0, 0.1) is 0 Å². The summed E-state index contributed by atoms with van der Waals surface area (Å²) in [7, 11) is -1.78. The Bertz CT molecular complexity index is 1050. The molecule has 4 rings (SSSR count). The maximum Gasteiger partial charge on any atom is 0.411 e. The van der Waals surface area contributed by atoms with Gasteiger partial charge < -0.3 is 19.6 Å². The lowest BCUT2D eigenvalue weighted by atomic mass is 10.1. The van der Waals surface area contributed by atoms with E-state index in [9.17, 15) is 18.3 Å². The minimum atomic E-state index is -3.28. The van der Waals surface area contributed by atoms with Crippen LogP contribution in [0.5, 0.6) is 0 Å². The SMILES string of the molecule is COCCS(=O)(=O)N1CCN(c2ccc(N3CCN(C(=O)O)c4ccccc43)cc2)CC1. The number of amides is 1. The predicted octanol–water partition coefficient (Wildman–Crippen LogP) is 2.42. The normalized spacial score (nSPS) is 17.3. The monoisotopic (exact) mass is 460 g/mol. The number of para-hydroxylation sites is 2. The Morgan fingerprint density at radius 2 is 1.53 bits per heavy atom. The molecule has 10 heteroatoms. The Balaban J connectivity index is 1.44. The van der Waals surface area contributed by atoms with E-state index < -0.39 is 16.1 Å². The van der Waals surface area contributed by atoms with Gasteiger partial charge in [0.25, 0.3) is 0 Å². The van der Waals surface area contributed by atoms with Crippen molar-refractivity contribution in [2.45, 2.75) is 0 Å². The summed E-state index contributed by atoms with van der Waals surface area (Å²) in [5.41, 5.74) is 3.58. The first-order valence-electron chi connectivity index (χ1n) is 10.6. The van der Waals surface area contributed by atoms with E-state index in [1.165, 1.54) is 16.3 Å². The number of carbonyl (C=O) groups is 1. The van der Waals surface area contributed by atoms with E-state index in [1.807, 2.05) is 48.5 Å². The molecule has 1 N–H and O–H groups in total. The maximum absolute atomic E-state index is 12.4. The van der Waals surface area contributed by atoms with Crippen molar-refractivity contribution < 1.29 is 23.1 Å². The van der Waals surface area contributed by atoms with Gasteiger partial charge in [0.2, 0.25) is 10.0 Å². The minimum absolute atomic E-state index is 0.00874. The zero-order valence-electron chi connectivity index (χ0n) is 18.1. The zero-order chi connectivity index (χ0) is 22.7. The number of hydrogen-bond donors (Lipinski definition) is 1. The summed E-state index contributed by atoms with van der Waals surface area (Å²) in [4.78, 5) is 17.3. The first kappa shape index (κ1) is 22.4. The van der Waals surface area contributed by atoms with Crippen LogP contribution in [-0.4, -0.2) is 82.7 Å². The molecule has 32 heavy (non-hydrogen) atoms. The molecule has 2 aromatic carbocycles. The van der Waals surface area contributed by atoms with Gasteiger partial charge in [-0.2, -0.15) is 4.31 Å². The van der Waals surface area contributed by atoms with Gasteiger partial charge in [0.05, 0.1) is 23.7 Å². The number of methoxy groups -OCH3 is 1. The first-order valence-corrected chi connectivity index (χ1v) is 12.2. The van der Waals surface area contributed by atoms with Crippen molar-refractivity contribution in [3.63, 3.8) is 0 Å². The molecule has 1 saturated heterocycles. The number of ether oxygens (including phenoxy) is 1. The molecule has 2 aromatic rings. The van der Waals surface area contributed by atoms with E-state index in [0.717, 1.165) is 17.1 Å². The van der Waals surface area contributed by atoms with Crippen LogP contribution >= 0.6 is 0 Å². The fourth-order valence-electron chi connectivity index (χ4n) is 4.21. The standard InChI is InChI=1S/C22H28N4O5S/c1-31-16-17-32(29,30)24-12-10-23(11-13-24)18-6-8-19(9-7-18)25-14-15-26(22(27)28)21-5-3-2-4-20(21)25/h2-9H,10-17H2,1H3,(H,27,28). The molecule has 0 spiro atoms. The minimum Gasteiger partial charge on any atom is -0.465 e. The molecule has 0 atom stereocenters. The molecule has 0 saturated carbocycles. The van der Waals surface area contributed by atoms with Gasteiger partial charge in [0.1, 0.15) is 0 Å². The molecule has 1 amide bonds. The van der Waals surface area contributed by atoms with Crippen LogP contribution in [0.3, 0.4) is 0 Å². The highest BCUT2D eigenvalue weighted by Gasteiger charge is 2.28. The van der Waals surface area contributed by atoms with Gasteiger partial charge in [-0.1, -0.05) is 12.1 Å². The van der Waals surface area contributed by atoms with E-state index in [0.29, 0.717) is 45.0 Å². The second-order valence-corrected chi connectivity index (χ2v) is 9.87. The van der Waals surface area contributed by atoms with Gasteiger partial charge >= 0.3 is 6.09 Å². The second-order valence-electron chi connectivity index (χ2n) is 7.79. The zero-order valence-corrected chi connectivity index (χ0v) is 18.9. The highest BCUT2D eigenvalue weighted by Crippen LogP contribution is 2.38. The summed E-state index contributed by atoms with van der Waals surface area (Å²) in [5.74, 6) is 0.00874. The summed E-state index contributed by atoms with van der Waals surface area (Å²) >= 11 is 0. The molecule has 2 heterocycles. The number of piperazine rings is 1. The molecular formula is C22H28N4O5S. The third-order valence-electron chi connectivity index (χ3n) is 5.95. The van der Waals surface area contributed by atoms with Crippen molar-refractivity contribution in [3.8, 4) is 0 Å². The Labute approximate surface area is 188 Å². The van der Waals surface area contributed by atoms with Gasteiger partial charge in [0, 0.05) is 57.8 Å². The summed E-state index contributed by atoms with van der Waals surface area (Å²) in [6.07, 6.45) is -0.948. The molecule has 0 bridgehead atoms. The van der Waals surface area contributed by atoms with Crippen molar-refractivity contribution >= 4 is 38.9 Å². The fraction of sp³-hybridized carbons (Fsp3) is 0.409. The van der Waals surface area contributed by atoms with Crippen molar-refractivity contribution in [1.29, 1.82) is 0 Å².